The van der Waals surface area contributed by atoms with Gasteiger partial charge in [-0.25, -0.2) is 8.78 Å². The van der Waals surface area contributed by atoms with Gasteiger partial charge in [0.2, 0.25) is 24.0 Å². The third-order valence-corrected chi connectivity index (χ3v) is 9.90. The van der Waals surface area contributed by atoms with Gasteiger partial charge in [-0.2, -0.15) is 0 Å². The fraction of sp³-hybridized carbons (Fsp3) is 0.474. The molecule has 1 saturated heterocycles. The molecular weight excluding hydrogens is 644 g/mol. The molecule has 1 aliphatic carbocycles. The Bertz CT molecular complexity index is 1720. The Kier molecular flexibility index (Phi) is 11.3. The van der Waals surface area contributed by atoms with Gasteiger partial charge in [-0.05, 0) is 61.1 Å². The van der Waals surface area contributed by atoms with E-state index in [0.29, 0.717) is 22.9 Å². The van der Waals surface area contributed by atoms with Gasteiger partial charge < -0.3 is 20.9 Å². The summed E-state index contributed by atoms with van der Waals surface area (Å²) < 4.78 is 26.7. The van der Waals surface area contributed by atoms with E-state index in [0.717, 1.165) is 18.4 Å². The van der Waals surface area contributed by atoms with Crippen molar-refractivity contribution in [3.05, 3.63) is 78.0 Å². The van der Waals surface area contributed by atoms with Crippen LogP contribution in [0.25, 0.3) is 10.9 Å². The highest BCUT2D eigenvalue weighted by Gasteiger charge is 2.52. The first kappa shape index (κ1) is 36.5. The summed E-state index contributed by atoms with van der Waals surface area (Å²) in [6, 6.07) is 13.6. The summed E-state index contributed by atoms with van der Waals surface area (Å²) in [4.78, 5) is 74.5. The van der Waals surface area contributed by atoms with Crippen molar-refractivity contribution in [2.45, 2.75) is 90.4 Å². The van der Waals surface area contributed by atoms with Crippen LogP contribution in [0.5, 0.6) is 0 Å². The van der Waals surface area contributed by atoms with Crippen molar-refractivity contribution < 1.29 is 32.8 Å². The summed E-state index contributed by atoms with van der Waals surface area (Å²) in [5, 5.41) is 8.76. The first-order valence-corrected chi connectivity index (χ1v) is 17.2. The van der Waals surface area contributed by atoms with E-state index in [1.807, 2.05) is 32.9 Å². The predicted molar refractivity (Wildman–Crippen MR) is 184 cm³/mol. The Morgan fingerprint density at radius 1 is 0.900 bits per heavy atom. The van der Waals surface area contributed by atoms with Gasteiger partial charge in [0.15, 0.2) is 0 Å². The number of ketones is 1. The van der Waals surface area contributed by atoms with Gasteiger partial charge in [0.25, 0.3) is 11.8 Å². The fourth-order valence-electron chi connectivity index (χ4n) is 7.26. The highest BCUT2D eigenvalue weighted by Crippen LogP contribution is 2.43. The number of para-hydroxylation sites is 1. The fourth-order valence-corrected chi connectivity index (χ4v) is 7.26. The van der Waals surface area contributed by atoms with Crippen LogP contribution in [0.4, 0.5) is 8.78 Å². The van der Waals surface area contributed by atoms with Crippen LogP contribution in [0.15, 0.2) is 66.9 Å². The third-order valence-electron chi connectivity index (χ3n) is 9.90. The lowest BCUT2D eigenvalue weighted by molar-refractivity contribution is -0.144. The van der Waals surface area contributed by atoms with Crippen LogP contribution in [-0.2, 0) is 19.2 Å². The molecule has 3 aromatic rings. The number of nitrogens with one attached hydrogen (secondary N) is 3. The number of likely N-dealkylation sites (tertiary alicyclic amines) is 1. The van der Waals surface area contributed by atoms with Crippen LogP contribution in [0.2, 0.25) is 0 Å². The van der Waals surface area contributed by atoms with E-state index in [4.69, 9.17) is 0 Å². The van der Waals surface area contributed by atoms with Crippen molar-refractivity contribution in [2.75, 3.05) is 6.54 Å². The van der Waals surface area contributed by atoms with E-state index >= 15 is 0 Å². The number of hydrogen-bond acceptors (Lipinski definition) is 6. The topological polar surface area (TPSA) is 138 Å². The lowest BCUT2D eigenvalue weighted by Crippen LogP contribution is -2.60. The summed E-state index contributed by atoms with van der Waals surface area (Å²) in [5.41, 5.74) is 0.955. The minimum absolute atomic E-state index is 0.0143. The number of Topliss-reactive ketones (excluding diaryl/α,β-unsaturated/α-hetero) is 1. The lowest BCUT2D eigenvalue weighted by atomic mass is 9.85. The van der Waals surface area contributed by atoms with Crippen LogP contribution in [0.1, 0.15) is 81.8 Å². The molecule has 5 rings (SSSR count). The number of halogens is 2. The monoisotopic (exact) mass is 689 g/mol. The first-order chi connectivity index (χ1) is 23.8. The van der Waals surface area contributed by atoms with Crippen LogP contribution < -0.4 is 16.0 Å². The maximum atomic E-state index is 14.5. The number of hydrogen-bond donors (Lipinski definition) is 3. The SMILES string of the molecule is C[C@H](NC(=O)C(=O)C(CCC(F)F)NC(=O)[C@@H]1[C@H]2CCC[C@H]2CN1C(=O)[C@@H](NC(=O)c1ccnc2ccccc12)C(C)(C)C)c1ccccc1. The van der Waals surface area contributed by atoms with Crippen molar-refractivity contribution in [3.8, 4) is 0 Å². The van der Waals surface area contributed by atoms with Crippen molar-refractivity contribution >= 4 is 40.3 Å². The maximum absolute atomic E-state index is 14.5. The van der Waals surface area contributed by atoms with Crippen molar-refractivity contribution in [2.24, 2.45) is 17.3 Å². The quantitative estimate of drug-likeness (QED) is 0.230. The maximum Gasteiger partial charge on any atom is 0.290 e. The largest absolute Gasteiger partial charge is 0.344 e. The summed E-state index contributed by atoms with van der Waals surface area (Å²) in [6.07, 6.45) is -0.0888. The van der Waals surface area contributed by atoms with Gasteiger partial charge in [0, 0.05) is 24.5 Å². The molecule has 2 heterocycles. The highest BCUT2D eigenvalue weighted by molar-refractivity contribution is 6.38. The van der Waals surface area contributed by atoms with Crippen LogP contribution in [0.3, 0.4) is 0 Å². The second-order valence-corrected chi connectivity index (χ2v) is 14.4. The van der Waals surface area contributed by atoms with Crippen molar-refractivity contribution in [3.63, 3.8) is 0 Å². The van der Waals surface area contributed by atoms with Gasteiger partial charge in [0.1, 0.15) is 12.1 Å². The zero-order valence-corrected chi connectivity index (χ0v) is 28.8. The molecule has 2 aromatic carbocycles. The molecule has 1 aromatic heterocycles. The first-order valence-electron chi connectivity index (χ1n) is 17.2. The summed E-state index contributed by atoms with van der Waals surface area (Å²) >= 11 is 0. The molecule has 0 radical (unpaired) electrons. The lowest BCUT2D eigenvalue weighted by Gasteiger charge is -2.36. The van der Waals surface area contributed by atoms with Crippen molar-refractivity contribution in [1.82, 2.24) is 25.8 Å². The number of aromatic nitrogens is 1. The van der Waals surface area contributed by atoms with E-state index < -0.39 is 78.3 Å². The van der Waals surface area contributed by atoms with Crippen molar-refractivity contribution in [1.29, 1.82) is 0 Å². The molecule has 2 fully saturated rings. The smallest absolute Gasteiger partial charge is 0.290 e. The normalized spacial score (nSPS) is 20.5. The van der Waals surface area contributed by atoms with E-state index in [1.54, 1.807) is 55.5 Å². The van der Waals surface area contributed by atoms with Gasteiger partial charge in [-0.3, -0.25) is 29.0 Å². The van der Waals surface area contributed by atoms with Crippen LogP contribution in [0, 0.1) is 17.3 Å². The molecule has 10 nitrogen and oxygen atoms in total. The molecule has 0 bridgehead atoms. The number of alkyl halides is 2. The summed E-state index contributed by atoms with van der Waals surface area (Å²) in [7, 11) is 0. The number of rotatable bonds is 12. The predicted octanol–water partition coefficient (Wildman–Crippen LogP) is 4.98. The number of carbonyl (C=O) groups excluding carboxylic acids is 5. The molecule has 12 heteroatoms. The molecule has 4 amide bonds. The second-order valence-electron chi connectivity index (χ2n) is 14.4. The zero-order valence-electron chi connectivity index (χ0n) is 28.8. The number of fused-ring (bicyclic) bond motifs is 2. The molecule has 266 valence electrons. The number of nitrogens with zero attached hydrogens (tertiary/aromatic N) is 2. The standard InChI is InChI=1S/C38H45F2N5O5/c1-22(23-11-6-5-7-12-23)42-36(49)32(46)29(17-18-30(39)40)43-35(48)31-25-15-10-13-24(25)21-45(31)37(50)33(38(2,3)4)44-34(47)27-19-20-41-28-16-9-8-14-26(27)28/h5-9,11-12,14,16,19-20,22,24-25,29-31,33H,10,13,15,17-18,21H2,1-4H3,(H,42,49)(H,43,48)(H,44,47)/t22-,24-,25-,29?,31-,33+/m0/s1. The van der Waals surface area contributed by atoms with Gasteiger partial charge in [0.05, 0.1) is 23.2 Å². The number of benzene rings is 2. The van der Waals surface area contributed by atoms with E-state index in [2.05, 4.69) is 20.9 Å². The molecule has 6 atom stereocenters. The number of pyridine rings is 1. The summed E-state index contributed by atoms with van der Waals surface area (Å²) in [5.74, 6) is -3.85. The molecule has 50 heavy (non-hydrogen) atoms. The molecular formula is C38H45F2N5O5. The number of carbonyl (C=O) groups is 5. The Labute approximate surface area is 290 Å². The van der Waals surface area contributed by atoms with E-state index in [-0.39, 0.29) is 18.4 Å². The van der Waals surface area contributed by atoms with E-state index in [9.17, 15) is 32.8 Å². The zero-order chi connectivity index (χ0) is 36.2. The third kappa shape index (κ3) is 8.17. The Morgan fingerprint density at radius 3 is 2.30 bits per heavy atom. The molecule has 1 saturated carbocycles. The highest BCUT2D eigenvalue weighted by atomic mass is 19.3. The average Bonchev–Trinajstić information content (AvgIpc) is 3.69. The van der Waals surface area contributed by atoms with Gasteiger partial charge >= 0.3 is 0 Å². The molecule has 3 N–H and O–H groups in total. The Balaban J connectivity index is 1.37. The van der Waals surface area contributed by atoms with E-state index in [1.165, 1.54) is 11.1 Å². The van der Waals surface area contributed by atoms with Crippen LogP contribution in [-0.4, -0.2) is 70.4 Å². The minimum Gasteiger partial charge on any atom is -0.344 e. The molecule has 1 unspecified atom stereocenters. The molecule has 2 aliphatic rings. The Hall–Kier alpha value is -4.74. The summed E-state index contributed by atoms with van der Waals surface area (Å²) in [6.45, 7) is 7.42. The van der Waals surface area contributed by atoms with Gasteiger partial charge in [-0.1, -0.05) is 75.7 Å². The molecule has 0 spiro atoms. The van der Waals surface area contributed by atoms with Gasteiger partial charge in [-0.15, -0.1) is 0 Å². The minimum atomic E-state index is -2.76. The number of amides is 4. The van der Waals surface area contributed by atoms with Crippen LogP contribution >= 0.6 is 0 Å². The average molecular weight is 690 g/mol. The molecule has 1 aliphatic heterocycles. The Morgan fingerprint density at radius 2 is 1.60 bits per heavy atom. The second kappa shape index (κ2) is 15.4.